The third kappa shape index (κ3) is 3.99. The summed E-state index contributed by atoms with van der Waals surface area (Å²) in [6, 6.07) is 2.02. The van der Waals surface area contributed by atoms with Gasteiger partial charge in [0.2, 0.25) is 0 Å². The summed E-state index contributed by atoms with van der Waals surface area (Å²) in [7, 11) is 0. The fourth-order valence-electron chi connectivity index (χ4n) is 2.75. The number of thiazole rings is 1. The molecule has 3 heterocycles. The molecule has 1 N–H and O–H groups in total. The lowest BCUT2D eigenvalue weighted by molar-refractivity contribution is 0.531. The molecule has 0 aliphatic carbocycles. The molecule has 3 aromatic heterocycles. The third-order valence-corrected chi connectivity index (χ3v) is 6.17. The van der Waals surface area contributed by atoms with Gasteiger partial charge in [0, 0.05) is 12.7 Å². The highest BCUT2D eigenvalue weighted by atomic mass is 32.2. The number of hydrogen-bond acceptors (Lipinski definition) is 7. The molecule has 0 fully saturated rings. The number of aromatic nitrogens is 4. The molecule has 138 valence electrons. The molecular formula is C19H25N5S2. The maximum Gasteiger partial charge on any atom is 0.189 e. The van der Waals surface area contributed by atoms with E-state index in [9.17, 15) is 0 Å². The molecule has 0 radical (unpaired) electrons. The Morgan fingerprint density at radius 1 is 1.19 bits per heavy atom. The van der Waals surface area contributed by atoms with Gasteiger partial charge in [0.15, 0.2) is 5.16 Å². The number of anilines is 1. The van der Waals surface area contributed by atoms with Crippen molar-refractivity contribution in [1.29, 1.82) is 0 Å². The number of fused-ring (bicyclic) bond motifs is 1. The summed E-state index contributed by atoms with van der Waals surface area (Å²) in [6.07, 6.45) is 6.16. The Bertz CT molecular complexity index is 906. The van der Waals surface area contributed by atoms with Crippen LogP contribution in [-0.2, 0) is 0 Å². The quantitative estimate of drug-likeness (QED) is 0.436. The molecule has 0 amide bonds. The highest BCUT2D eigenvalue weighted by Gasteiger charge is 2.18. The summed E-state index contributed by atoms with van der Waals surface area (Å²) in [5.74, 6) is 1.58. The highest BCUT2D eigenvalue weighted by Crippen LogP contribution is 2.36. The molecule has 0 saturated carbocycles. The predicted molar refractivity (Wildman–Crippen MR) is 112 cm³/mol. The predicted octanol–water partition coefficient (Wildman–Crippen LogP) is 5.34. The molecule has 0 spiro atoms. The van der Waals surface area contributed by atoms with Gasteiger partial charge in [0.25, 0.3) is 0 Å². The van der Waals surface area contributed by atoms with Crippen molar-refractivity contribution in [2.75, 3.05) is 18.1 Å². The van der Waals surface area contributed by atoms with Crippen molar-refractivity contribution in [3.05, 3.63) is 23.7 Å². The van der Waals surface area contributed by atoms with Gasteiger partial charge in [-0.3, -0.25) is 4.98 Å². The molecule has 0 aliphatic heterocycles. The molecule has 26 heavy (non-hydrogen) atoms. The first-order valence-electron chi connectivity index (χ1n) is 8.92. The van der Waals surface area contributed by atoms with E-state index in [2.05, 4.69) is 29.1 Å². The second kappa shape index (κ2) is 8.31. The van der Waals surface area contributed by atoms with Crippen molar-refractivity contribution in [1.82, 2.24) is 19.9 Å². The molecule has 1 unspecified atom stereocenters. The van der Waals surface area contributed by atoms with Crippen LogP contribution in [0.15, 0.2) is 17.4 Å². The Balaban J connectivity index is 2.02. The Morgan fingerprint density at radius 2 is 2.00 bits per heavy atom. The smallest absolute Gasteiger partial charge is 0.189 e. The van der Waals surface area contributed by atoms with E-state index in [1.54, 1.807) is 23.1 Å². The van der Waals surface area contributed by atoms with Gasteiger partial charge in [-0.1, -0.05) is 32.0 Å². The molecular weight excluding hydrogens is 362 g/mol. The minimum Gasteiger partial charge on any atom is -0.369 e. The number of pyridine rings is 1. The Labute approximate surface area is 163 Å². The monoisotopic (exact) mass is 387 g/mol. The first-order valence-corrected chi connectivity index (χ1v) is 11.0. The van der Waals surface area contributed by atoms with E-state index in [1.807, 2.05) is 32.4 Å². The van der Waals surface area contributed by atoms with Crippen molar-refractivity contribution in [3.8, 4) is 10.6 Å². The summed E-state index contributed by atoms with van der Waals surface area (Å²) in [5.41, 5.74) is 3.88. The van der Waals surface area contributed by atoms with Gasteiger partial charge in [-0.15, -0.1) is 11.3 Å². The van der Waals surface area contributed by atoms with E-state index in [0.29, 0.717) is 5.92 Å². The van der Waals surface area contributed by atoms with E-state index >= 15 is 0 Å². The van der Waals surface area contributed by atoms with E-state index in [-0.39, 0.29) is 0 Å². The van der Waals surface area contributed by atoms with Crippen molar-refractivity contribution in [2.45, 2.75) is 45.7 Å². The summed E-state index contributed by atoms with van der Waals surface area (Å²) in [4.78, 5) is 18.6. The van der Waals surface area contributed by atoms with Gasteiger partial charge in [0.1, 0.15) is 16.3 Å². The Kier molecular flexibility index (Phi) is 6.09. The zero-order valence-electron chi connectivity index (χ0n) is 16.0. The largest absolute Gasteiger partial charge is 0.369 e. The van der Waals surface area contributed by atoms with Crippen LogP contribution in [0.25, 0.3) is 20.8 Å². The lowest BCUT2D eigenvalue weighted by Crippen LogP contribution is -2.10. The number of rotatable bonds is 7. The number of nitrogens with one attached hydrogen (secondary N) is 1. The molecule has 0 aromatic carbocycles. The molecule has 3 rings (SSSR count). The molecule has 5 nitrogen and oxygen atoms in total. The van der Waals surface area contributed by atoms with Crippen LogP contribution in [0.3, 0.4) is 0 Å². The van der Waals surface area contributed by atoms with Crippen LogP contribution in [0.4, 0.5) is 5.82 Å². The normalized spacial score (nSPS) is 12.5. The average molecular weight is 388 g/mol. The topological polar surface area (TPSA) is 63.6 Å². The fraction of sp³-hybridized carbons (Fsp3) is 0.474. The first-order chi connectivity index (χ1) is 12.5. The first kappa shape index (κ1) is 19.0. The highest BCUT2D eigenvalue weighted by molar-refractivity contribution is 7.98. The number of hydrogen-bond donors (Lipinski definition) is 1. The minimum absolute atomic E-state index is 0.699. The van der Waals surface area contributed by atoms with Gasteiger partial charge < -0.3 is 5.32 Å². The minimum atomic E-state index is 0.699. The van der Waals surface area contributed by atoms with Gasteiger partial charge >= 0.3 is 0 Å². The molecule has 1 atom stereocenters. The number of thioether (sulfide) groups is 1. The van der Waals surface area contributed by atoms with Gasteiger partial charge in [-0.2, -0.15) is 0 Å². The van der Waals surface area contributed by atoms with E-state index in [4.69, 9.17) is 9.97 Å². The van der Waals surface area contributed by atoms with Gasteiger partial charge in [-0.05, 0) is 38.5 Å². The second-order valence-electron chi connectivity index (χ2n) is 6.51. The fourth-order valence-corrected chi connectivity index (χ4v) is 4.27. The van der Waals surface area contributed by atoms with Crippen molar-refractivity contribution in [3.63, 3.8) is 0 Å². The standard InChI is InChI=1S/C19H25N5S2/c1-6-11(2)7-9-21-17-15(12(3)22-19(24-17)25-5)18-23-16-13(4)20-10-8-14(16)26-18/h8,10-11H,6-7,9H2,1-5H3,(H,21,22,24). The van der Waals surface area contributed by atoms with Crippen LogP contribution in [-0.4, -0.2) is 32.7 Å². The van der Waals surface area contributed by atoms with Crippen LogP contribution in [0, 0.1) is 19.8 Å². The number of nitrogens with zero attached hydrogens (tertiary/aromatic N) is 4. The van der Waals surface area contributed by atoms with Crippen molar-refractivity contribution in [2.24, 2.45) is 5.92 Å². The maximum absolute atomic E-state index is 4.85. The Morgan fingerprint density at radius 3 is 2.69 bits per heavy atom. The van der Waals surface area contributed by atoms with Crippen LogP contribution in [0.1, 0.15) is 38.1 Å². The van der Waals surface area contributed by atoms with Gasteiger partial charge in [-0.25, -0.2) is 15.0 Å². The molecule has 0 bridgehead atoms. The number of aryl methyl sites for hydroxylation is 2. The SMILES string of the molecule is CCC(C)CCNc1nc(SC)nc(C)c1-c1nc2c(C)nccc2s1. The Hall–Kier alpha value is -1.73. The zero-order valence-corrected chi connectivity index (χ0v) is 17.6. The zero-order chi connectivity index (χ0) is 18.7. The summed E-state index contributed by atoms with van der Waals surface area (Å²) in [6.45, 7) is 9.45. The van der Waals surface area contributed by atoms with Gasteiger partial charge in [0.05, 0.1) is 21.7 Å². The van der Waals surface area contributed by atoms with Crippen LogP contribution >= 0.6 is 23.1 Å². The van der Waals surface area contributed by atoms with E-state index < -0.39 is 0 Å². The molecule has 0 aliphatic rings. The average Bonchev–Trinajstić information content (AvgIpc) is 3.06. The lowest BCUT2D eigenvalue weighted by Gasteiger charge is -2.14. The summed E-state index contributed by atoms with van der Waals surface area (Å²) >= 11 is 3.24. The molecule has 3 aromatic rings. The summed E-state index contributed by atoms with van der Waals surface area (Å²) in [5, 5.41) is 5.28. The van der Waals surface area contributed by atoms with Crippen molar-refractivity contribution >= 4 is 39.1 Å². The summed E-state index contributed by atoms with van der Waals surface area (Å²) < 4.78 is 1.14. The van der Waals surface area contributed by atoms with Crippen LogP contribution < -0.4 is 5.32 Å². The lowest BCUT2D eigenvalue weighted by atomic mass is 10.1. The molecule has 0 saturated heterocycles. The van der Waals surface area contributed by atoms with Crippen LogP contribution in [0.2, 0.25) is 0 Å². The van der Waals surface area contributed by atoms with Crippen LogP contribution in [0.5, 0.6) is 0 Å². The third-order valence-electron chi connectivity index (χ3n) is 4.58. The second-order valence-corrected chi connectivity index (χ2v) is 8.31. The van der Waals surface area contributed by atoms with E-state index in [1.165, 1.54) is 6.42 Å². The molecule has 7 heteroatoms. The maximum atomic E-state index is 4.85. The van der Waals surface area contributed by atoms with E-state index in [0.717, 1.165) is 56.1 Å². The van der Waals surface area contributed by atoms with Crippen molar-refractivity contribution < 1.29 is 0 Å².